The van der Waals surface area contributed by atoms with Gasteiger partial charge in [-0.05, 0) is 30.0 Å². The van der Waals surface area contributed by atoms with Crippen molar-refractivity contribution in [3.05, 3.63) is 46.7 Å². The Morgan fingerprint density at radius 3 is 2.70 bits per heavy atom. The molecule has 1 saturated heterocycles. The number of halogens is 2. The van der Waals surface area contributed by atoms with Crippen molar-refractivity contribution in [2.24, 2.45) is 0 Å². The second kappa shape index (κ2) is 5.62. The molecule has 1 fully saturated rings. The zero-order chi connectivity index (χ0) is 16.0. The third-order valence-corrected chi connectivity index (χ3v) is 4.83. The number of anilines is 1. The summed E-state index contributed by atoms with van der Waals surface area (Å²) in [6.07, 6.45) is 0. The summed E-state index contributed by atoms with van der Waals surface area (Å²) >= 11 is 6.26. The van der Waals surface area contributed by atoms with Crippen LogP contribution in [0.3, 0.4) is 0 Å². The molecule has 0 atom stereocenters. The van der Waals surface area contributed by atoms with Crippen molar-refractivity contribution in [3.8, 4) is 0 Å². The first-order chi connectivity index (χ1) is 11.2. The zero-order valence-electron chi connectivity index (χ0n) is 12.8. The number of aryl methyl sites for hydroxylation is 1. The van der Waals surface area contributed by atoms with Crippen LogP contribution < -0.4 is 4.90 Å². The monoisotopic (exact) mass is 330 g/mol. The lowest BCUT2D eigenvalue weighted by molar-refractivity contribution is 0.122. The third kappa shape index (κ3) is 2.33. The standard InChI is InChI=1S/C18H16ClFN2O/c1-11-14(19)6-5-13-12-3-2-4-15(20)16(12)18(21-17(11)13)22-7-9-23-10-8-22/h2-6H,7-10H2,1H3. The molecule has 0 saturated carbocycles. The maximum absolute atomic E-state index is 14.6. The number of aromatic nitrogens is 1. The van der Waals surface area contributed by atoms with Crippen LogP contribution in [0, 0.1) is 12.7 Å². The molecule has 0 spiro atoms. The Morgan fingerprint density at radius 1 is 1.13 bits per heavy atom. The zero-order valence-corrected chi connectivity index (χ0v) is 13.5. The molecule has 2 aromatic carbocycles. The van der Waals surface area contributed by atoms with Crippen molar-refractivity contribution < 1.29 is 9.13 Å². The van der Waals surface area contributed by atoms with Crippen molar-refractivity contribution in [1.82, 2.24) is 4.98 Å². The van der Waals surface area contributed by atoms with Crippen LogP contribution in [0.25, 0.3) is 21.7 Å². The topological polar surface area (TPSA) is 25.4 Å². The van der Waals surface area contributed by atoms with Gasteiger partial charge in [-0.1, -0.05) is 29.8 Å². The van der Waals surface area contributed by atoms with Crippen LogP contribution in [0.4, 0.5) is 10.2 Å². The summed E-state index contributed by atoms with van der Waals surface area (Å²) in [5.74, 6) is 0.435. The molecule has 0 radical (unpaired) electrons. The average Bonchev–Trinajstić information content (AvgIpc) is 2.58. The molecular formula is C18H16ClFN2O. The number of benzene rings is 2. The summed E-state index contributed by atoms with van der Waals surface area (Å²) in [6.45, 7) is 4.63. The highest BCUT2D eigenvalue weighted by Gasteiger charge is 2.20. The highest BCUT2D eigenvalue weighted by atomic mass is 35.5. The molecule has 118 valence electrons. The van der Waals surface area contributed by atoms with E-state index in [4.69, 9.17) is 21.3 Å². The SMILES string of the molecule is Cc1c(Cl)ccc2c1nc(N1CCOCC1)c1c(F)cccc12. The van der Waals surface area contributed by atoms with Gasteiger partial charge >= 0.3 is 0 Å². The van der Waals surface area contributed by atoms with Crippen molar-refractivity contribution >= 4 is 39.1 Å². The summed E-state index contributed by atoms with van der Waals surface area (Å²) in [4.78, 5) is 6.89. The van der Waals surface area contributed by atoms with Crippen LogP contribution in [0.1, 0.15) is 5.56 Å². The van der Waals surface area contributed by atoms with E-state index in [0.29, 0.717) is 42.5 Å². The lowest BCUT2D eigenvalue weighted by Gasteiger charge is -2.29. The molecule has 1 aliphatic heterocycles. The third-order valence-electron chi connectivity index (χ3n) is 4.42. The van der Waals surface area contributed by atoms with Crippen molar-refractivity contribution in [2.75, 3.05) is 31.2 Å². The Kier molecular flexibility index (Phi) is 3.58. The summed E-state index contributed by atoms with van der Waals surface area (Å²) < 4.78 is 20.0. The Labute approximate surface area is 138 Å². The number of hydrogen-bond acceptors (Lipinski definition) is 3. The second-order valence-electron chi connectivity index (χ2n) is 5.77. The van der Waals surface area contributed by atoms with E-state index in [1.807, 2.05) is 25.1 Å². The normalized spacial score (nSPS) is 15.5. The fraction of sp³-hybridized carbons (Fsp3) is 0.278. The molecule has 0 aliphatic carbocycles. The summed E-state index contributed by atoms with van der Waals surface area (Å²) in [5, 5.41) is 3.05. The van der Waals surface area contributed by atoms with Gasteiger partial charge < -0.3 is 9.64 Å². The number of fused-ring (bicyclic) bond motifs is 3. The Morgan fingerprint density at radius 2 is 1.91 bits per heavy atom. The smallest absolute Gasteiger partial charge is 0.140 e. The lowest BCUT2D eigenvalue weighted by Crippen LogP contribution is -2.37. The fourth-order valence-corrected chi connectivity index (χ4v) is 3.33. The minimum absolute atomic E-state index is 0.244. The van der Waals surface area contributed by atoms with Gasteiger partial charge in [-0.2, -0.15) is 0 Å². The average molecular weight is 331 g/mol. The van der Waals surface area contributed by atoms with Crippen LogP contribution in [0.2, 0.25) is 5.02 Å². The predicted octanol–water partition coefficient (Wildman–Crippen LogP) is 4.33. The molecule has 4 rings (SSSR count). The number of morpholine rings is 1. The van der Waals surface area contributed by atoms with E-state index in [1.165, 1.54) is 6.07 Å². The minimum Gasteiger partial charge on any atom is -0.378 e. The summed E-state index contributed by atoms with van der Waals surface area (Å²) in [5.41, 5.74) is 1.75. The Hall–Kier alpha value is -1.91. The first kappa shape index (κ1) is 14.7. The highest BCUT2D eigenvalue weighted by molar-refractivity contribution is 6.32. The van der Waals surface area contributed by atoms with E-state index < -0.39 is 0 Å². The van der Waals surface area contributed by atoms with Gasteiger partial charge in [0, 0.05) is 23.5 Å². The van der Waals surface area contributed by atoms with Gasteiger partial charge in [0.2, 0.25) is 0 Å². The number of rotatable bonds is 1. The van der Waals surface area contributed by atoms with Crippen molar-refractivity contribution in [3.63, 3.8) is 0 Å². The molecule has 0 bridgehead atoms. The van der Waals surface area contributed by atoms with Crippen LogP contribution in [-0.2, 0) is 4.74 Å². The Bertz CT molecular complexity index is 907. The molecule has 2 heterocycles. The molecule has 3 nitrogen and oxygen atoms in total. The van der Waals surface area contributed by atoms with Gasteiger partial charge in [-0.15, -0.1) is 0 Å². The van der Waals surface area contributed by atoms with E-state index >= 15 is 0 Å². The van der Waals surface area contributed by atoms with Gasteiger partial charge in [0.05, 0.1) is 24.1 Å². The van der Waals surface area contributed by atoms with Gasteiger partial charge in [0.25, 0.3) is 0 Å². The first-order valence-corrected chi connectivity index (χ1v) is 8.04. The molecule has 1 aliphatic rings. The van der Waals surface area contributed by atoms with E-state index in [2.05, 4.69) is 4.90 Å². The predicted molar refractivity (Wildman–Crippen MR) is 92.0 cm³/mol. The molecule has 0 amide bonds. The Balaban J connectivity index is 2.11. The number of pyridine rings is 1. The van der Waals surface area contributed by atoms with Crippen LogP contribution >= 0.6 is 11.6 Å². The number of ether oxygens (including phenoxy) is 1. The fourth-order valence-electron chi connectivity index (χ4n) is 3.18. The second-order valence-corrected chi connectivity index (χ2v) is 6.17. The largest absolute Gasteiger partial charge is 0.378 e. The minimum atomic E-state index is -0.244. The molecular weight excluding hydrogens is 315 g/mol. The quantitative estimate of drug-likeness (QED) is 0.621. The van der Waals surface area contributed by atoms with Crippen molar-refractivity contribution in [2.45, 2.75) is 6.92 Å². The summed E-state index contributed by atoms with van der Waals surface area (Å²) in [7, 11) is 0. The van der Waals surface area contributed by atoms with Crippen LogP contribution in [0.15, 0.2) is 30.3 Å². The molecule has 23 heavy (non-hydrogen) atoms. The first-order valence-electron chi connectivity index (χ1n) is 7.66. The van der Waals surface area contributed by atoms with E-state index in [0.717, 1.165) is 21.9 Å². The van der Waals surface area contributed by atoms with Gasteiger partial charge in [-0.25, -0.2) is 9.37 Å². The van der Waals surface area contributed by atoms with Gasteiger partial charge in [-0.3, -0.25) is 0 Å². The van der Waals surface area contributed by atoms with Gasteiger partial charge in [0.15, 0.2) is 0 Å². The van der Waals surface area contributed by atoms with E-state index in [1.54, 1.807) is 6.07 Å². The molecule has 1 aromatic heterocycles. The van der Waals surface area contributed by atoms with E-state index in [9.17, 15) is 4.39 Å². The van der Waals surface area contributed by atoms with Gasteiger partial charge in [0.1, 0.15) is 11.6 Å². The summed E-state index contributed by atoms with van der Waals surface area (Å²) in [6, 6.07) is 8.94. The lowest BCUT2D eigenvalue weighted by atomic mass is 10.0. The maximum Gasteiger partial charge on any atom is 0.140 e. The maximum atomic E-state index is 14.6. The molecule has 5 heteroatoms. The van der Waals surface area contributed by atoms with Crippen LogP contribution in [0.5, 0.6) is 0 Å². The molecule has 0 unspecified atom stereocenters. The highest BCUT2D eigenvalue weighted by Crippen LogP contribution is 2.36. The van der Waals surface area contributed by atoms with Crippen molar-refractivity contribution in [1.29, 1.82) is 0 Å². The number of nitrogens with zero attached hydrogens (tertiary/aromatic N) is 2. The number of hydrogen-bond donors (Lipinski definition) is 0. The van der Waals surface area contributed by atoms with E-state index in [-0.39, 0.29) is 5.82 Å². The van der Waals surface area contributed by atoms with Crippen LogP contribution in [-0.4, -0.2) is 31.3 Å². The molecule has 0 N–H and O–H groups in total. The molecule has 3 aromatic rings.